The minimum absolute atomic E-state index is 0.0319. The summed E-state index contributed by atoms with van der Waals surface area (Å²) >= 11 is 0. The van der Waals surface area contributed by atoms with E-state index in [4.69, 9.17) is 9.40 Å². The van der Waals surface area contributed by atoms with Gasteiger partial charge in [0.1, 0.15) is 17.4 Å². The number of hydrogen-bond donors (Lipinski definition) is 2. The van der Waals surface area contributed by atoms with Gasteiger partial charge < -0.3 is 19.3 Å². The molecular weight excluding hydrogens is 352 g/mol. The molecule has 0 bridgehead atoms. The lowest BCUT2D eigenvalue weighted by Gasteiger charge is -2.14. The second kappa shape index (κ2) is 7.03. The number of para-hydroxylation sites is 2. The Hall–Kier alpha value is -3.28. The van der Waals surface area contributed by atoms with E-state index < -0.39 is 0 Å². The molecule has 1 amide bonds. The molecule has 0 aliphatic rings. The van der Waals surface area contributed by atoms with Gasteiger partial charge in [-0.1, -0.05) is 26.0 Å². The zero-order valence-corrected chi connectivity index (χ0v) is 16.5. The van der Waals surface area contributed by atoms with E-state index in [1.165, 1.54) is 0 Å². The topological polar surface area (TPSA) is 75.8 Å². The number of carbonyl (C=O) groups is 1. The van der Waals surface area contributed by atoms with Crippen LogP contribution < -0.4 is 5.32 Å². The maximum atomic E-state index is 12.6. The van der Waals surface area contributed by atoms with Gasteiger partial charge in [0, 0.05) is 11.6 Å². The SMILES string of the molecule is Cc1c(-c2nc3ccccc3[nH]2)c(NC(=O)C(C)C)n(Cc2ccco2)c1C. The first-order valence-electron chi connectivity index (χ1n) is 9.43. The van der Waals surface area contributed by atoms with Crippen LogP contribution in [0.15, 0.2) is 47.1 Å². The van der Waals surface area contributed by atoms with Crippen LogP contribution in [0.1, 0.15) is 30.9 Å². The van der Waals surface area contributed by atoms with Gasteiger partial charge in [0.2, 0.25) is 5.91 Å². The minimum Gasteiger partial charge on any atom is -0.467 e. The second-order valence-corrected chi connectivity index (χ2v) is 7.35. The number of nitrogens with zero attached hydrogens (tertiary/aromatic N) is 2. The number of H-pyrrole nitrogens is 1. The molecule has 0 aliphatic heterocycles. The molecule has 144 valence electrons. The van der Waals surface area contributed by atoms with E-state index in [1.807, 2.05) is 50.2 Å². The van der Waals surface area contributed by atoms with Crippen molar-refractivity contribution in [3.63, 3.8) is 0 Å². The summed E-state index contributed by atoms with van der Waals surface area (Å²) in [6.45, 7) is 8.41. The van der Waals surface area contributed by atoms with Crippen LogP contribution in [-0.2, 0) is 11.3 Å². The highest BCUT2D eigenvalue weighted by Gasteiger charge is 2.24. The molecule has 0 aliphatic carbocycles. The highest BCUT2D eigenvalue weighted by Crippen LogP contribution is 2.36. The minimum atomic E-state index is -0.129. The summed E-state index contributed by atoms with van der Waals surface area (Å²) in [7, 11) is 0. The zero-order valence-electron chi connectivity index (χ0n) is 16.5. The molecule has 3 aromatic heterocycles. The monoisotopic (exact) mass is 376 g/mol. The van der Waals surface area contributed by atoms with Gasteiger partial charge in [-0.3, -0.25) is 4.79 Å². The van der Waals surface area contributed by atoms with E-state index in [1.54, 1.807) is 6.26 Å². The van der Waals surface area contributed by atoms with E-state index in [9.17, 15) is 4.79 Å². The number of hydrogen-bond acceptors (Lipinski definition) is 3. The maximum Gasteiger partial charge on any atom is 0.228 e. The first-order valence-corrected chi connectivity index (χ1v) is 9.43. The Bertz CT molecular complexity index is 1100. The molecule has 1 aromatic carbocycles. The lowest BCUT2D eigenvalue weighted by molar-refractivity contribution is -0.118. The number of aromatic amines is 1. The van der Waals surface area contributed by atoms with Crippen LogP contribution in [-0.4, -0.2) is 20.4 Å². The van der Waals surface area contributed by atoms with Crippen molar-refractivity contribution in [2.24, 2.45) is 5.92 Å². The largest absolute Gasteiger partial charge is 0.467 e. The average Bonchev–Trinajstić information content (AvgIpc) is 3.37. The van der Waals surface area contributed by atoms with Gasteiger partial charge in [-0.05, 0) is 43.7 Å². The Balaban J connectivity index is 1.89. The normalized spacial score (nSPS) is 11.5. The fraction of sp³-hybridized carbons (Fsp3) is 0.273. The quantitative estimate of drug-likeness (QED) is 0.521. The van der Waals surface area contributed by atoms with Crippen LogP contribution >= 0.6 is 0 Å². The van der Waals surface area contributed by atoms with Crippen molar-refractivity contribution in [3.8, 4) is 11.4 Å². The number of furan rings is 1. The predicted octanol–water partition coefficient (Wildman–Crippen LogP) is 4.88. The van der Waals surface area contributed by atoms with E-state index >= 15 is 0 Å². The molecular formula is C22H24N4O2. The van der Waals surface area contributed by atoms with Crippen LogP contribution in [0.4, 0.5) is 5.82 Å². The highest BCUT2D eigenvalue weighted by molar-refractivity contribution is 5.96. The van der Waals surface area contributed by atoms with Gasteiger partial charge in [0.15, 0.2) is 0 Å². The summed E-state index contributed by atoms with van der Waals surface area (Å²) in [6.07, 6.45) is 1.66. The molecule has 4 aromatic rings. The lowest BCUT2D eigenvalue weighted by atomic mass is 10.1. The Morgan fingerprint density at radius 3 is 2.68 bits per heavy atom. The molecule has 28 heavy (non-hydrogen) atoms. The van der Waals surface area contributed by atoms with E-state index in [0.717, 1.165) is 45.3 Å². The van der Waals surface area contributed by atoms with Gasteiger partial charge in [0.05, 0.1) is 29.4 Å². The molecule has 0 spiro atoms. The van der Waals surface area contributed by atoms with Crippen molar-refractivity contribution in [2.45, 2.75) is 34.2 Å². The van der Waals surface area contributed by atoms with Crippen molar-refractivity contribution >= 4 is 22.8 Å². The fourth-order valence-electron chi connectivity index (χ4n) is 3.37. The number of imidazole rings is 1. The summed E-state index contributed by atoms with van der Waals surface area (Å²) in [6, 6.07) is 11.7. The van der Waals surface area contributed by atoms with Crippen LogP contribution in [0.25, 0.3) is 22.4 Å². The molecule has 2 N–H and O–H groups in total. The first-order chi connectivity index (χ1) is 13.5. The molecule has 0 unspecified atom stereocenters. The number of rotatable bonds is 5. The Morgan fingerprint density at radius 1 is 1.21 bits per heavy atom. The summed E-state index contributed by atoms with van der Waals surface area (Å²) in [4.78, 5) is 20.7. The molecule has 0 saturated carbocycles. The Labute approximate surface area is 163 Å². The third kappa shape index (κ3) is 3.11. The summed E-state index contributed by atoms with van der Waals surface area (Å²) in [5.41, 5.74) is 4.91. The van der Waals surface area contributed by atoms with Crippen LogP contribution in [0.5, 0.6) is 0 Å². The second-order valence-electron chi connectivity index (χ2n) is 7.35. The molecule has 6 nitrogen and oxygen atoms in total. The fourth-order valence-corrected chi connectivity index (χ4v) is 3.37. The molecule has 0 atom stereocenters. The average molecular weight is 376 g/mol. The number of carbonyl (C=O) groups excluding carboxylic acids is 1. The van der Waals surface area contributed by atoms with Crippen LogP contribution in [0.2, 0.25) is 0 Å². The smallest absolute Gasteiger partial charge is 0.228 e. The number of amides is 1. The summed E-state index contributed by atoms with van der Waals surface area (Å²) < 4.78 is 7.63. The first kappa shape index (κ1) is 18.1. The molecule has 0 radical (unpaired) electrons. The van der Waals surface area contributed by atoms with Crippen molar-refractivity contribution in [1.82, 2.24) is 14.5 Å². The number of benzene rings is 1. The van der Waals surface area contributed by atoms with Gasteiger partial charge in [0.25, 0.3) is 0 Å². The molecule has 0 saturated heterocycles. The number of nitrogens with one attached hydrogen (secondary N) is 2. The standard InChI is InChI=1S/C22H24N4O2/c1-13(2)22(27)25-21-19(20-23-17-9-5-6-10-18(17)24-20)14(3)15(4)26(21)12-16-8-7-11-28-16/h5-11,13H,12H2,1-4H3,(H,23,24)(H,25,27). The molecule has 3 heterocycles. The highest BCUT2D eigenvalue weighted by atomic mass is 16.3. The third-order valence-electron chi connectivity index (χ3n) is 5.12. The van der Waals surface area contributed by atoms with Crippen molar-refractivity contribution in [2.75, 3.05) is 5.32 Å². The molecule has 4 rings (SSSR count). The van der Waals surface area contributed by atoms with Gasteiger partial charge in [-0.25, -0.2) is 4.98 Å². The van der Waals surface area contributed by atoms with E-state index in [0.29, 0.717) is 6.54 Å². The summed E-state index contributed by atoms with van der Waals surface area (Å²) in [5, 5.41) is 3.12. The van der Waals surface area contributed by atoms with Crippen LogP contribution in [0, 0.1) is 19.8 Å². The van der Waals surface area contributed by atoms with Crippen LogP contribution in [0.3, 0.4) is 0 Å². The summed E-state index contributed by atoms with van der Waals surface area (Å²) in [5.74, 6) is 2.16. The number of fused-ring (bicyclic) bond motifs is 1. The third-order valence-corrected chi connectivity index (χ3v) is 5.12. The van der Waals surface area contributed by atoms with Crippen molar-refractivity contribution < 1.29 is 9.21 Å². The van der Waals surface area contributed by atoms with Crippen molar-refractivity contribution in [1.29, 1.82) is 0 Å². The maximum absolute atomic E-state index is 12.6. The van der Waals surface area contributed by atoms with Gasteiger partial charge >= 0.3 is 0 Å². The number of aromatic nitrogens is 3. The molecule has 0 fully saturated rings. The Morgan fingerprint density at radius 2 is 2.00 bits per heavy atom. The van der Waals surface area contributed by atoms with E-state index in [2.05, 4.69) is 28.7 Å². The molecule has 6 heteroatoms. The van der Waals surface area contributed by atoms with Crippen molar-refractivity contribution in [3.05, 3.63) is 59.7 Å². The zero-order chi connectivity index (χ0) is 19.8. The predicted molar refractivity (Wildman–Crippen MR) is 110 cm³/mol. The number of anilines is 1. The van der Waals surface area contributed by atoms with Gasteiger partial charge in [-0.2, -0.15) is 0 Å². The lowest BCUT2D eigenvalue weighted by Crippen LogP contribution is -2.21. The van der Waals surface area contributed by atoms with E-state index in [-0.39, 0.29) is 11.8 Å². The Kier molecular flexibility index (Phi) is 4.55. The van der Waals surface area contributed by atoms with Gasteiger partial charge in [-0.15, -0.1) is 0 Å².